The summed E-state index contributed by atoms with van der Waals surface area (Å²) < 4.78 is 11.3. The molecule has 20 heavy (non-hydrogen) atoms. The highest BCUT2D eigenvalue weighted by molar-refractivity contribution is 5.82. The van der Waals surface area contributed by atoms with Crippen LogP contribution in [0.15, 0.2) is 24.3 Å². The van der Waals surface area contributed by atoms with Crippen LogP contribution in [0.25, 0.3) is 0 Å². The third kappa shape index (κ3) is 2.03. The van der Waals surface area contributed by atoms with E-state index in [1.54, 1.807) is 0 Å². The zero-order valence-corrected chi connectivity index (χ0v) is 11.4. The minimum Gasteiger partial charge on any atom is -0.485 e. The number of carbonyl (C=O) groups is 1. The van der Waals surface area contributed by atoms with Gasteiger partial charge in [0.1, 0.15) is 6.61 Å². The van der Waals surface area contributed by atoms with Crippen molar-refractivity contribution in [2.45, 2.75) is 37.8 Å². The van der Waals surface area contributed by atoms with E-state index in [-0.39, 0.29) is 5.91 Å². The molecule has 0 unspecified atom stereocenters. The Labute approximate surface area is 118 Å². The standard InChI is InChI=1S/C16H19NO3/c18-16(17-12-8-10-5-6-11(12)7-10)15-9-19-13-3-1-2-4-14(13)20-15/h1-4,10-12,15H,5-9H2,(H,17,18)/t10-,11-,12-,15-/m1/s1. The van der Waals surface area contributed by atoms with Crippen LogP contribution in [-0.2, 0) is 4.79 Å². The molecule has 106 valence electrons. The molecule has 0 spiro atoms. The summed E-state index contributed by atoms with van der Waals surface area (Å²) in [6.07, 6.45) is 4.51. The van der Waals surface area contributed by atoms with Crippen molar-refractivity contribution < 1.29 is 14.3 Å². The Balaban J connectivity index is 1.40. The number of fused-ring (bicyclic) bond motifs is 3. The highest BCUT2D eigenvalue weighted by Crippen LogP contribution is 2.44. The number of para-hydroxylation sites is 2. The van der Waals surface area contributed by atoms with Crippen molar-refractivity contribution in [1.29, 1.82) is 0 Å². The zero-order chi connectivity index (χ0) is 13.5. The maximum atomic E-state index is 12.3. The monoisotopic (exact) mass is 273 g/mol. The second-order valence-corrected chi connectivity index (χ2v) is 6.15. The minimum atomic E-state index is -0.524. The molecule has 2 aliphatic carbocycles. The summed E-state index contributed by atoms with van der Waals surface area (Å²) in [7, 11) is 0. The number of rotatable bonds is 2. The van der Waals surface area contributed by atoms with Crippen LogP contribution < -0.4 is 14.8 Å². The molecule has 2 fully saturated rings. The van der Waals surface area contributed by atoms with Crippen LogP contribution in [0, 0.1) is 11.8 Å². The van der Waals surface area contributed by atoms with Crippen molar-refractivity contribution in [3.63, 3.8) is 0 Å². The van der Waals surface area contributed by atoms with E-state index in [0.29, 0.717) is 24.3 Å². The molecule has 2 bridgehead atoms. The largest absolute Gasteiger partial charge is 0.485 e. The summed E-state index contributed by atoms with van der Waals surface area (Å²) in [6.45, 7) is 0.295. The second-order valence-electron chi connectivity index (χ2n) is 6.15. The normalized spacial score (nSPS) is 34.0. The number of nitrogens with one attached hydrogen (secondary N) is 1. The molecule has 3 aliphatic rings. The van der Waals surface area contributed by atoms with Gasteiger partial charge in [-0.3, -0.25) is 4.79 Å². The fraction of sp³-hybridized carbons (Fsp3) is 0.562. The summed E-state index contributed by atoms with van der Waals surface area (Å²) in [5, 5.41) is 3.17. The number of benzene rings is 1. The highest BCUT2D eigenvalue weighted by atomic mass is 16.6. The van der Waals surface area contributed by atoms with Crippen LogP contribution in [0.5, 0.6) is 11.5 Å². The van der Waals surface area contributed by atoms with Gasteiger partial charge >= 0.3 is 0 Å². The van der Waals surface area contributed by atoms with Crippen LogP contribution in [0.2, 0.25) is 0 Å². The van der Waals surface area contributed by atoms with Gasteiger partial charge in [-0.15, -0.1) is 0 Å². The fourth-order valence-corrected chi connectivity index (χ4v) is 3.85. The van der Waals surface area contributed by atoms with Crippen molar-refractivity contribution in [3.8, 4) is 11.5 Å². The van der Waals surface area contributed by atoms with Crippen molar-refractivity contribution in [2.24, 2.45) is 11.8 Å². The number of amides is 1. The molecule has 1 aromatic carbocycles. The van der Waals surface area contributed by atoms with Gasteiger partial charge in [0.15, 0.2) is 11.5 Å². The van der Waals surface area contributed by atoms with Crippen LogP contribution in [0.1, 0.15) is 25.7 Å². The van der Waals surface area contributed by atoms with Crippen LogP contribution >= 0.6 is 0 Å². The molecule has 0 saturated heterocycles. The van der Waals surface area contributed by atoms with Crippen molar-refractivity contribution in [2.75, 3.05) is 6.61 Å². The Morgan fingerprint density at radius 1 is 1.15 bits per heavy atom. The molecule has 0 aromatic heterocycles. The van der Waals surface area contributed by atoms with E-state index in [2.05, 4.69) is 5.32 Å². The van der Waals surface area contributed by atoms with Gasteiger partial charge in [0.25, 0.3) is 5.91 Å². The molecule has 2 saturated carbocycles. The van der Waals surface area contributed by atoms with E-state index in [4.69, 9.17) is 9.47 Å². The van der Waals surface area contributed by atoms with E-state index < -0.39 is 6.10 Å². The van der Waals surface area contributed by atoms with E-state index in [0.717, 1.165) is 18.1 Å². The molecule has 4 nitrogen and oxygen atoms in total. The number of hydrogen-bond donors (Lipinski definition) is 1. The summed E-state index contributed by atoms with van der Waals surface area (Å²) in [5.74, 6) is 2.86. The molecular formula is C16H19NO3. The highest BCUT2D eigenvalue weighted by Gasteiger charge is 2.41. The quantitative estimate of drug-likeness (QED) is 0.898. The topological polar surface area (TPSA) is 47.6 Å². The zero-order valence-electron chi connectivity index (χ0n) is 11.4. The molecule has 1 heterocycles. The first-order valence-electron chi connectivity index (χ1n) is 7.48. The lowest BCUT2D eigenvalue weighted by Gasteiger charge is -2.29. The lowest BCUT2D eigenvalue weighted by Crippen LogP contribution is -2.49. The Morgan fingerprint density at radius 2 is 2.00 bits per heavy atom. The van der Waals surface area contributed by atoms with Crippen LogP contribution in [-0.4, -0.2) is 24.7 Å². The summed E-state index contributed by atoms with van der Waals surface area (Å²) in [4.78, 5) is 12.3. The van der Waals surface area contributed by atoms with Gasteiger partial charge in [-0.05, 0) is 43.2 Å². The van der Waals surface area contributed by atoms with Gasteiger partial charge in [0.2, 0.25) is 6.10 Å². The summed E-state index contributed by atoms with van der Waals surface area (Å²) >= 11 is 0. The Bertz CT molecular complexity index is 530. The first-order chi connectivity index (χ1) is 9.79. The predicted molar refractivity (Wildman–Crippen MR) is 73.7 cm³/mol. The Morgan fingerprint density at radius 3 is 2.75 bits per heavy atom. The first-order valence-corrected chi connectivity index (χ1v) is 7.48. The summed E-state index contributed by atoms with van der Waals surface area (Å²) in [5.41, 5.74) is 0. The summed E-state index contributed by atoms with van der Waals surface area (Å²) in [6, 6.07) is 7.84. The van der Waals surface area contributed by atoms with E-state index in [1.807, 2.05) is 24.3 Å². The molecule has 4 heteroatoms. The number of carbonyl (C=O) groups excluding carboxylic acids is 1. The van der Waals surface area contributed by atoms with Gasteiger partial charge in [0, 0.05) is 6.04 Å². The van der Waals surface area contributed by atoms with Gasteiger partial charge in [-0.25, -0.2) is 0 Å². The van der Waals surface area contributed by atoms with Gasteiger partial charge in [-0.2, -0.15) is 0 Å². The van der Waals surface area contributed by atoms with Gasteiger partial charge in [-0.1, -0.05) is 18.6 Å². The molecule has 4 atom stereocenters. The average molecular weight is 273 g/mol. The molecule has 1 amide bonds. The van der Waals surface area contributed by atoms with E-state index >= 15 is 0 Å². The second kappa shape index (κ2) is 4.69. The maximum absolute atomic E-state index is 12.3. The van der Waals surface area contributed by atoms with Crippen LogP contribution in [0.4, 0.5) is 0 Å². The lowest BCUT2D eigenvalue weighted by atomic mass is 9.95. The van der Waals surface area contributed by atoms with Crippen molar-refractivity contribution in [3.05, 3.63) is 24.3 Å². The average Bonchev–Trinajstić information content (AvgIpc) is 3.09. The SMILES string of the molecule is O=C(N[C@@H]1C[C@@H]2CC[C@@H]1C2)[C@H]1COc2ccccc2O1. The molecular weight excluding hydrogens is 254 g/mol. The maximum Gasteiger partial charge on any atom is 0.264 e. The molecule has 1 N–H and O–H groups in total. The Kier molecular flexibility index (Phi) is 2.83. The lowest BCUT2D eigenvalue weighted by molar-refractivity contribution is -0.131. The molecule has 0 radical (unpaired) electrons. The minimum absolute atomic E-state index is 0.0305. The number of ether oxygens (including phenoxy) is 2. The van der Waals surface area contributed by atoms with Crippen LogP contribution in [0.3, 0.4) is 0 Å². The van der Waals surface area contributed by atoms with E-state index in [1.165, 1.54) is 19.3 Å². The van der Waals surface area contributed by atoms with Gasteiger partial charge < -0.3 is 14.8 Å². The number of hydrogen-bond acceptors (Lipinski definition) is 3. The van der Waals surface area contributed by atoms with E-state index in [9.17, 15) is 4.79 Å². The smallest absolute Gasteiger partial charge is 0.264 e. The fourth-order valence-electron chi connectivity index (χ4n) is 3.85. The Hall–Kier alpha value is -1.71. The molecule has 4 rings (SSSR count). The predicted octanol–water partition coefficient (Wildman–Crippen LogP) is 2.13. The first kappa shape index (κ1) is 12.1. The van der Waals surface area contributed by atoms with Crippen molar-refractivity contribution >= 4 is 5.91 Å². The van der Waals surface area contributed by atoms with Gasteiger partial charge in [0.05, 0.1) is 0 Å². The molecule has 1 aromatic rings. The third-order valence-electron chi connectivity index (χ3n) is 4.87. The van der Waals surface area contributed by atoms with Crippen molar-refractivity contribution in [1.82, 2.24) is 5.32 Å². The molecule has 1 aliphatic heterocycles. The third-order valence-corrected chi connectivity index (χ3v) is 4.87.